The van der Waals surface area contributed by atoms with Crippen LogP contribution in [0.5, 0.6) is 0 Å². The molecule has 1 aliphatic rings. The Morgan fingerprint density at radius 3 is 2.67 bits per heavy atom. The highest BCUT2D eigenvalue weighted by Crippen LogP contribution is 2.47. The first kappa shape index (κ1) is 16.8. The second-order valence-electron chi connectivity index (χ2n) is 5.72. The van der Waals surface area contributed by atoms with Crippen LogP contribution in [0.3, 0.4) is 0 Å². The molecule has 1 atom stereocenters. The van der Waals surface area contributed by atoms with E-state index in [1.165, 1.54) is 14.0 Å². The monoisotopic (exact) mass is 347 g/mol. The lowest BCUT2D eigenvalue weighted by Crippen LogP contribution is -2.45. The Labute approximate surface area is 135 Å². The van der Waals surface area contributed by atoms with E-state index in [2.05, 4.69) is 20.3 Å². The zero-order valence-corrected chi connectivity index (χ0v) is 13.1. The van der Waals surface area contributed by atoms with Gasteiger partial charge in [0.1, 0.15) is 6.61 Å². The summed E-state index contributed by atoms with van der Waals surface area (Å²) in [5, 5.41) is 7.19. The average Bonchev–Trinajstić information content (AvgIpc) is 3.20. The molecule has 24 heavy (non-hydrogen) atoms. The zero-order chi connectivity index (χ0) is 17.4. The SMILES string of the molecule is COCc1noc(CN2CCC(c3nc(C)no3)(C(F)(F)F)C2)n1. The van der Waals surface area contributed by atoms with E-state index in [-0.39, 0.29) is 44.4 Å². The molecule has 0 radical (unpaired) electrons. The van der Waals surface area contributed by atoms with Crippen molar-refractivity contribution < 1.29 is 27.0 Å². The first-order valence-corrected chi connectivity index (χ1v) is 7.24. The van der Waals surface area contributed by atoms with Crippen LogP contribution in [-0.2, 0) is 23.3 Å². The van der Waals surface area contributed by atoms with Gasteiger partial charge in [-0.2, -0.15) is 23.1 Å². The molecule has 0 aliphatic carbocycles. The Bertz CT molecular complexity index is 701. The molecule has 1 saturated heterocycles. The summed E-state index contributed by atoms with van der Waals surface area (Å²) in [4.78, 5) is 9.46. The normalized spacial score (nSPS) is 22.4. The summed E-state index contributed by atoms with van der Waals surface area (Å²) in [6.07, 6.45) is -4.67. The number of halogens is 3. The summed E-state index contributed by atoms with van der Waals surface area (Å²) in [6, 6.07) is 0. The van der Waals surface area contributed by atoms with Crippen molar-refractivity contribution in [2.45, 2.75) is 38.1 Å². The second kappa shape index (κ2) is 6.13. The molecular formula is C13H16F3N5O3. The molecule has 1 fully saturated rings. The number of aromatic nitrogens is 4. The largest absolute Gasteiger partial charge is 0.404 e. The summed E-state index contributed by atoms with van der Waals surface area (Å²) in [6.45, 7) is 1.67. The third kappa shape index (κ3) is 3.00. The van der Waals surface area contributed by atoms with Gasteiger partial charge in [0, 0.05) is 20.2 Å². The Morgan fingerprint density at radius 1 is 1.25 bits per heavy atom. The van der Waals surface area contributed by atoms with Crippen LogP contribution in [0, 0.1) is 6.92 Å². The number of hydrogen-bond acceptors (Lipinski definition) is 8. The van der Waals surface area contributed by atoms with Crippen molar-refractivity contribution in [3.8, 4) is 0 Å². The predicted octanol–water partition coefficient (Wildman–Crippen LogP) is 1.61. The Hall–Kier alpha value is -2.01. The van der Waals surface area contributed by atoms with E-state index in [0.717, 1.165) is 0 Å². The average molecular weight is 347 g/mol. The van der Waals surface area contributed by atoms with E-state index in [9.17, 15) is 13.2 Å². The maximum atomic E-state index is 13.7. The van der Waals surface area contributed by atoms with Crippen LogP contribution >= 0.6 is 0 Å². The lowest BCUT2D eigenvalue weighted by Gasteiger charge is -2.27. The molecule has 0 bridgehead atoms. The highest BCUT2D eigenvalue weighted by molar-refractivity contribution is 5.15. The van der Waals surface area contributed by atoms with Gasteiger partial charge in [-0.05, 0) is 13.3 Å². The predicted molar refractivity (Wildman–Crippen MR) is 71.7 cm³/mol. The first-order valence-electron chi connectivity index (χ1n) is 7.24. The maximum Gasteiger partial charge on any atom is 0.404 e. The van der Waals surface area contributed by atoms with Gasteiger partial charge in [0.2, 0.25) is 11.8 Å². The van der Waals surface area contributed by atoms with Gasteiger partial charge in [0.15, 0.2) is 17.1 Å². The second-order valence-corrected chi connectivity index (χ2v) is 5.72. The van der Waals surface area contributed by atoms with Crippen LogP contribution in [-0.4, -0.2) is 51.6 Å². The standard InChI is InChI=1S/C13H16F3N5O3/c1-8-17-11(24-19-8)12(13(14,15)16)3-4-21(7-12)5-10-18-9(6-22-2)20-23-10/h3-7H2,1-2H3. The Morgan fingerprint density at radius 2 is 2.04 bits per heavy atom. The van der Waals surface area contributed by atoms with Crippen molar-refractivity contribution in [1.82, 2.24) is 25.2 Å². The minimum Gasteiger partial charge on any atom is -0.377 e. The van der Waals surface area contributed by atoms with Gasteiger partial charge in [0.05, 0.1) is 6.54 Å². The molecule has 0 aromatic carbocycles. The van der Waals surface area contributed by atoms with E-state index in [1.54, 1.807) is 4.90 Å². The summed E-state index contributed by atoms with van der Waals surface area (Å²) in [7, 11) is 1.49. The van der Waals surface area contributed by atoms with Crippen molar-refractivity contribution >= 4 is 0 Å². The topological polar surface area (TPSA) is 90.3 Å². The van der Waals surface area contributed by atoms with Crippen LogP contribution in [0.4, 0.5) is 13.2 Å². The molecule has 3 heterocycles. The van der Waals surface area contributed by atoms with E-state index >= 15 is 0 Å². The van der Waals surface area contributed by atoms with Gasteiger partial charge >= 0.3 is 6.18 Å². The number of ether oxygens (including phenoxy) is 1. The number of hydrogen-bond donors (Lipinski definition) is 0. The minimum atomic E-state index is -4.50. The minimum absolute atomic E-state index is 0.113. The van der Waals surface area contributed by atoms with Crippen molar-refractivity contribution in [2.75, 3.05) is 20.2 Å². The van der Waals surface area contributed by atoms with Crippen molar-refractivity contribution in [1.29, 1.82) is 0 Å². The van der Waals surface area contributed by atoms with E-state index in [0.29, 0.717) is 5.82 Å². The van der Waals surface area contributed by atoms with Crippen LogP contribution in [0.2, 0.25) is 0 Å². The number of alkyl halides is 3. The number of aryl methyl sites for hydroxylation is 1. The number of nitrogens with zero attached hydrogens (tertiary/aromatic N) is 5. The molecular weight excluding hydrogens is 331 g/mol. The van der Waals surface area contributed by atoms with E-state index < -0.39 is 17.5 Å². The molecule has 3 rings (SSSR count). The Balaban J connectivity index is 1.77. The van der Waals surface area contributed by atoms with Crippen LogP contribution < -0.4 is 0 Å². The first-order chi connectivity index (χ1) is 11.3. The smallest absolute Gasteiger partial charge is 0.377 e. The van der Waals surface area contributed by atoms with Gasteiger partial charge in [-0.25, -0.2) is 0 Å². The Kier molecular flexibility index (Phi) is 4.30. The van der Waals surface area contributed by atoms with Crippen LogP contribution in [0.15, 0.2) is 9.05 Å². The van der Waals surface area contributed by atoms with Crippen LogP contribution in [0.1, 0.15) is 29.9 Å². The zero-order valence-electron chi connectivity index (χ0n) is 13.1. The number of likely N-dealkylation sites (tertiary alicyclic amines) is 1. The summed E-state index contributed by atoms with van der Waals surface area (Å²) in [5.41, 5.74) is -2.18. The molecule has 8 nitrogen and oxygen atoms in total. The third-order valence-corrected chi connectivity index (χ3v) is 3.97. The van der Waals surface area contributed by atoms with Crippen molar-refractivity contribution in [2.24, 2.45) is 0 Å². The molecule has 0 saturated carbocycles. The highest BCUT2D eigenvalue weighted by Gasteiger charge is 2.62. The molecule has 1 aliphatic heterocycles. The third-order valence-electron chi connectivity index (χ3n) is 3.97. The summed E-state index contributed by atoms with van der Waals surface area (Å²) < 4.78 is 55.9. The molecule has 132 valence electrons. The molecule has 0 spiro atoms. The molecule has 0 N–H and O–H groups in total. The van der Waals surface area contributed by atoms with Gasteiger partial charge in [0.25, 0.3) is 0 Å². The van der Waals surface area contributed by atoms with Gasteiger partial charge in [-0.1, -0.05) is 10.3 Å². The fraction of sp³-hybridized carbons (Fsp3) is 0.692. The van der Waals surface area contributed by atoms with Crippen molar-refractivity contribution in [3.63, 3.8) is 0 Å². The lowest BCUT2D eigenvalue weighted by atomic mass is 9.86. The van der Waals surface area contributed by atoms with E-state index in [4.69, 9.17) is 13.8 Å². The number of rotatable bonds is 5. The van der Waals surface area contributed by atoms with Gasteiger partial charge in [-0.3, -0.25) is 4.90 Å². The molecule has 11 heteroatoms. The highest BCUT2D eigenvalue weighted by atomic mass is 19.4. The van der Waals surface area contributed by atoms with Crippen molar-refractivity contribution in [3.05, 3.63) is 23.4 Å². The summed E-state index contributed by atoms with van der Waals surface area (Å²) in [5.74, 6) is 0.358. The van der Waals surface area contributed by atoms with Crippen LogP contribution in [0.25, 0.3) is 0 Å². The maximum absolute atomic E-state index is 13.7. The number of methoxy groups -OCH3 is 1. The molecule has 0 amide bonds. The van der Waals surface area contributed by atoms with Gasteiger partial charge < -0.3 is 13.8 Å². The molecule has 2 aromatic rings. The molecule has 1 unspecified atom stereocenters. The fourth-order valence-corrected chi connectivity index (χ4v) is 2.78. The van der Waals surface area contributed by atoms with E-state index in [1.807, 2.05) is 0 Å². The molecule has 2 aromatic heterocycles. The quantitative estimate of drug-likeness (QED) is 0.806. The fourth-order valence-electron chi connectivity index (χ4n) is 2.78. The van der Waals surface area contributed by atoms with Gasteiger partial charge in [-0.15, -0.1) is 0 Å². The summed E-state index contributed by atoms with van der Waals surface area (Å²) >= 11 is 0. The lowest BCUT2D eigenvalue weighted by molar-refractivity contribution is -0.194.